The summed E-state index contributed by atoms with van der Waals surface area (Å²) in [6.45, 7) is 2.91. The Bertz CT molecular complexity index is 641. The van der Waals surface area contributed by atoms with Gasteiger partial charge in [-0.3, -0.25) is 4.79 Å². The zero-order chi connectivity index (χ0) is 14.8. The highest BCUT2D eigenvalue weighted by Crippen LogP contribution is 2.29. The Morgan fingerprint density at radius 2 is 2.38 bits per heavy atom. The molecule has 6 heteroatoms. The zero-order valence-corrected chi connectivity index (χ0v) is 12.5. The average molecular weight is 305 g/mol. The second-order valence-corrected chi connectivity index (χ2v) is 5.64. The van der Waals surface area contributed by atoms with E-state index in [0.717, 1.165) is 18.7 Å². The Kier molecular flexibility index (Phi) is 3.94. The van der Waals surface area contributed by atoms with Crippen molar-refractivity contribution in [1.29, 1.82) is 0 Å². The molecule has 2 N–H and O–H groups in total. The second kappa shape index (κ2) is 5.87. The number of imidazole rings is 1. The number of nitrogens with zero attached hydrogens (tertiary/aromatic N) is 2. The van der Waals surface area contributed by atoms with E-state index in [0.29, 0.717) is 10.7 Å². The van der Waals surface area contributed by atoms with Crippen LogP contribution in [0.15, 0.2) is 36.9 Å². The van der Waals surface area contributed by atoms with Gasteiger partial charge < -0.3 is 15.2 Å². The fourth-order valence-corrected chi connectivity index (χ4v) is 2.98. The standard InChI is InChI=1S/C15H17ClN4O/c1-10-11(5-6-18-10)15(21)19-13-4-2-3-12(16)14(13)20-8-7-17-9-20/h2-4,7-11,18H,5-6H2,1H3,(H,19,21). The molecule has 3 rings (SSSR count). The van der Waals surface area contributed by atoms with Crippen LogP contribution < -0.4 is 10.6 Å². The monoisotopic (exact) mass is 304 g/mol. The van der Waals surface area contributed by atoms with Gasteiger partial charge in [-0.05, 0) is 32.0 Å². The molecular formula is C15H17ClN4O. The summed E-state index contributed by atoms with van der Waals surface area (Å²) in [5, 5.41) is 6.86. The van der Waals surface area contributed by atoms with Crippen LogP contribution in [0.25, 0.3) is 5.69 Å². The number of hydrogen-bond donors (Lipinski definition) is 2. The van der Waals surface area contributed by atoms with Crippen molar-refractivity contribution >= 4 is 23.2 Å². The van der Waals surface area contributed by atoms with Crippen molar-refractivity contribution in [2.45, 2.75) is 19.4 Å². The third-order valence-corrected chi connectivity index (χ3v) is 4.17. The lowest BCUT2D eigenvalue weighted by Gasteiger charge is -2.18. The van der Waals surface area contributed by atoms with Crippen LogP contribution in [0.2, 0.25) is 5.02 Å². The lowest BCUT2D eigenvalue weighted by molar-refractivity contribution is -0.120. The summed E-state index contributed by atoms with van der Waals surface area (Å²) in [6, 6.07) is 5.67. The van der Waals surface area contributed by atoms with Crippen LogP contribution in [-0.2, 0) is 4.79 Å². The molecule has 2 unspecified atom stereocenters. The third-order valence-electron chi connectivity index (χ3n) is 3.87. The second-order valence-electron chi connectivity index (χ2n) is 5.23. The Hall–Kier alpha value is -1.85. The number of halogens is 1. The van der Waals surface area contributed by atoms with Gasteiger partial charge in [0.2, 0.25) is 5.91 Å². The minimum absolute atomic E-state index is 0.0142. The number of rotatable bonds is 3. The van der Waals surface area contributed by atoms with E-state index in [1.807, 2.05) is 19.1 Å². The van der Waals surface area contributed by atoms with Gasteiger partial charge in [-0.1, -0.05) is 17.7 Å². The number of anilines is 1. The quantitative estimate of drug-likeness (QED) is 0.916. The molecule has 2 atom stereocenters. The van der Waals surface area contributed by atoms with Crippen LogP contribution in [0, 0.1) is 5.92 Å². The molecule has 5 nitrogen and oxygen atoms in total. The van der Waals surface area contributed by atoms with E-state index in [1.165, 1.54) is 0 Å². The van der Waals surface area contributed by atoms with Crippen LogP contribution in [0.4, 0.5) is 5.69 Å². The number of hydrogen-bond acceptors (Lipinski definition) is 3. The number of carbonyl (C=O) groups is 1. The van der Waals surface area contributed by atoms with Gasteiger partial charge in [0.1, 0.15) is 0 Å². The minimum Gasteiger partial charge on any atom is -0.324 e. The maximum atomic E-state index is 12.4. The van der Waals surface area contributed by atoms with Crippen LogP contribution >= 0.6 is 11.6 Å². The van der Waals surface area contributed by atoms with E-state index < -0.39 is 0 Å². The minimum atomic E-state index is -0.0142. The molecule has 0 bridgehead atoms. The molecule has 1 aliphatic rings. The van der Waals surface area contributed by atoms with Crippen molar-refractivity contribution in [2.24, 2.45) is 5.92 Å². The highest BCUT2D eigenvalue weighted by Gasteiger charge is 2.29. The Morgan fingerprint density at radius 3 is 3.05 bits per heavy atom. The smallest absolute Gasteiger partial charge is 0.229 e. The van der Waals surface area contributed by atoms with Crippen molar-refractivity contribution < 1.29 is 4.79 Å². The molecule has 1 aromatic carbocycles. The molecule has 0 aliphatic carbocycles. The summed E-state index contributed by atoms with van der Waals surface area (Å²) in [7, 11) is 0. The lowest BCUT2D eigenvalue weighted by atomic mass is 10.0. The maximum Gasteiger partial charge on any atom is 0.229 e. The normalized spacial score (nSPS) is 21.4. The van der Waals surface area contributed by atoms with E-state index in [4.69, 9.17) is 11.6 Å². The summed E-state index contributed by atoms with van der Waals surface area (Å²) >= 11 is 6.28. The Labute approximate surface area is 128 Å². The number of amides is 1. The molecule has 1 amide bonds. The summed E-state index contributed by atoms with van der Waals surface area (Å²) in [4.78, 5) is 16.5. The zero-order valence-electron chi connectivity index (χ0n) is 11.7. The highest BCUT2D eigenvalue weighted by molar-refractivity contribution is 6.33. The van der Waals surface area contributed by atoms with E-state index in [-0.39, 0.29) is 17.9 Å². The largest absolute Gasteiger partial charge is 0.324 e. The van der Waals surface area contributed by atoms with Crippen LogP contribution in [0.3, 0.4) is 0 Å². The first-order chi connectivity index (χ1) is 10.2. The molecule has 2 aromatic rings. The fraction of sp³-hybridized carbons (Fsp3) is 0.333. The lowest BCUT2D eigenvalue weighted by Crippen LogP contribution is -2.32. The molecule has 0 saturated carbocycles. The van der Waals surface area contributed by atoms with E-state index >= 15 is 0 Å². The van der Waals surface area contributed by atoms with Crippen molar-refractivity contribution in [3.63, 3.8) is 0 Å². The molecule has 1 saturated heterocycles. The van der Waals surface area contributed by atoms with Gasteiger partial charge in [0.25, 0.3) is 0 Å². The van der Waals surface area contributed by atoms with Crippen LogP contribution in [0.5, 0.6) is 0 Å². The number of carbonyl (C=O) groups excluding carboxylic acids is 1. The molecule has 1 aromatic heterocycles. The Morgan fingerprint density at radius 1 is 1.52 bits per heavy atom. The van der Waals surface area contributed by atoms with E-state index in [2.05, 4.69) is 15.6 Å². The van der Waals surface area contributed by atoms with Crippen molar-refractivity contribution in [2.75, 3.05) is 11.9 Å². The first kappa shape index (κ1) is 14.1. The molecule has 21 heavy (non-hydrogen) atoms. The summed E-state index contributed by atoms with van der Waals surface area (Å²) < 4.78 is 1.80. The molecule has 2 heterocycles. The molecule has 0 spiro atoms. The van der Waals surface area contributed by atoms with Crippen molar-refractivity contribution in [3.05, 3.63) is 41.9 Å². The van der Waals surface area contributed by atoms with Gasteiger partial charge in [0.15, 0.2) is 0 Å². The summed E-state index contributed by atoms with van der Waals surface area (Å²) in [6.07, 6.45) is 6.00. The van der Waals surface area contributed by atoms with Crippen LogP contribution in [-0.4, -0.2) is 28.0 Å². The van der Waals surface area contributed by atoms with E-state index in [1.54, 1.807) is 29.4 Å². The molecule has 0 radical (unpaired) electrons. The van der Waals surface area contributed by atoms with Crippen LogP contribution in [0.1, 0.15) is 13.3 Å². The maximum absolute atomic E-state index is 12.4. The van der Waals surface area contributed by atoms with Gasteiger partial charge in [0, 0.05) is 18.4 Å². The molecule has 1 fully saturated rings. The first-order valence-corrected chi connectivity index (χ1v) is 7.35. The van der Waals surface area contributed by atoms with Crippen molar-refractivity contribution in [3.8, 4) is 5.69 Å². The van der Waals surface area contributed by atoms with Gasteiger partial charge in [-0.25, -0.2) is 4.98 Å². The predicted molar refractivity (Wildman–Crippen MR) is 82.8 cm³/mol. The number of aromatic nitrogens is 2. The van der Waals surface area contributed by atoms with E-state index in [9.17, 15) is 4.79 Å². The topological polar surface area (TPSA) is 59.0 Å². The fourth-order valence-electron chi connectivity index (χ4n) is 2.71. The van der Waals surface area contributed by atoms with Gasteiger partial charge in [-0.15, -0.1) is 0 Å². The average Bonchev–Trinajstić information content (AvgIpc) is 3.10. The number of para-hydroxylation sites is 1. The number of benzene rings is 1. The Balaban J connectivity index is 1.89. The third kappa shape index (κ3) is 2.80. The molecule has 110 valence electrons. The SMILES string of the molecule is CC1NCCC1C(=O)Nc1cccc(Cl)c1-n1ccnc1. The predicted octanol–water partition coefficient (Wildman–Crippen LogP) is 2.46. The van der Waals surface area contributed by atoms with Gasteiger partial charge in [-0.2, -0.15) is 0 Å². The summed E-state index contributed by atoms with van der Waals surface area (Å²) in [5.41, 5.74) is 1.44. The first-order valence-electron chi connectivity index (χ1n) is 6.98. The number of nitrogens with one attached hydrogen (secondary N) is 2. The summed E-state index contributed by atoms with van der Waals surface area (Å²) in [5.74, 6) is 0.00995. The van der Waals surface area contributed by atoms with Gasteiger partial charge in [0.05, 0.1) is 28.6 Å². The van der Waals surface area contributed by atoms with Gasteiger partial charge >= 0.3 is 0 Å². The highest BCUT2D eigenvalue weighted by atomic mass is 35.5. The molecular weight excluding hydrogens is 288 g/mol. The molecule has 1 aliphatic heterocycles. The van der Waals surface area contributed by atoms with Crippen molar-refractivity contribution in [1.82, 2.24) is 14.9 Å².